The third kappa shape index (κ3) is 3.57. The zero-order valence-electron chi connectivity index (χ0n) is 16.5. The number of hydrogen-bond donors (Lipinski definition) is 1. The summed E-state index contributed by atoms with van der Waals surface area (Å²) in [5.41, 5.74) is 4.46. The van der Waals surface area contributed by atoms with E-state index in [4.69, 9.17) is 0 Å². The number of carbonyl (C=O) groups is 1. The van der Waals surface area contributed by atoms with Crippen LogP contribution in [0.15, 0.2) is 59.0 Å². The average Bonchev–Trinajstić information content (AvgIpc) is 3.42. The first kappa shape index (κ1) is 18.8. The Morgan fingerprint density at radius 3 is 2.73 bits per heavy atom. The molecule has 0 unspecified atom stereocenters. The number of carbonyl (C=O) groups excluding carboxylic acids is 1. The van der Waals surface area contributed by atoms with Gasteiger partial charge in [0.05, 0.1) is 18.8 Å². The van der Waals surface area contributed by atoms with Gasteiger partial charge < -0.3 is 9.88 Å². The van der Waals surface area contributed by atoms with Gasteiger partial charge in [-0.05, 0) is 54.8 Å². The number of hydrogen-bond acceptors (Lipinski definition) is 4. The lowest BCUT2D eigenvalue weighted by Gasteiger charge is -2.10. The van der Waals surface area contributed by atoms with Gasteiger partial charge in [0.25, 0.3) is 11.5 Å². The molecule has 4 aromatic rings. The standard InChI is InChI=1S/C23H22N4O2S/c28-22(24-14-18-4-3-13-30-18)17-9-7-16(8-10-17)15-26-11-12-27-21(23(26)29)19-5-1-2-6-20(19)25-27/h3-4,7-13H,1-2,5-6,14-15H2,(H,24,28). The van der Waals surface area contributed by atoms with E-state index >= 15 is 0 Å². The van der Waals surface area contributed by atoms with Crippen LogP contribution < -0.4 is 10.9 Å². The Kier molecular flexibility index (Phi) is 4.96. The highest BCUT2D eigenvalue weighted by Gasteiger charge is 2.19. The summed E-state index contributed by atoms with van der Waals surface area (Å²) >= 11 is 1.62. The molecule has 1 amide bonds. The van der Waals surface area contributed by atoms with Gasteiger partial charge in [-0.25, -0.2) is 4.52 Å². The van der Waals surface area contributed by atoms with Crippen molar-refractivity contribution in [2.75, 3.05) is 0 Å². The predicted molar refractivity (Wildman–Crippen MR) is 117 cm³/mol. The van der Waals surface area contributed by atoms with Crippen LogP contribution in [0.5, 0.6) is 0 Å². The molecule has 1 aliphatic rings. The third-order valence-electron chi connectivity index (χ3n) is 5.61. The second-order valence-corrected chi connectivity index (χ2v) is 8.65. The van der Waals surface area contributed by atoms with Crippen LogP contribution in [0.2, 0.25) is 0 Å². The van der Waals surface area contributed by atoms with Crippen molar-refractivity contribution < 1.29 is 4.79 Å². The van der Waals surface area contributed by atoms with Gasteiger partial charge >= 0.3 is 0 Å². The highest BCUT2D eigenvalue weighted by Crippen LogP contribution is 2.22. The number of amides is 1. The average molecular weight is 419 g/mol. The molecule has 1 N–H and O–H groups in total. The number of nitrogens with one attached hydrogen (secondary N) is 1. The van der Waals surface area contributed by atoms with Crippen LogP contribution in [0.4, 0.5) is 0 Å². The minimum Gasteiger partial charge on any atom is -0.347 e. The molecule has 0 radical (unpaired) electrons. The van der Waals surface area contributed by atoms with Gasteiger partial charge in [0.2, 0.25) is 0 Å². The summed E-state index contributed by atoms with van der Waals surface area (Å²) < 4.78 is 3.45. The Morgan fingerprint density at radius 1 is 1.10 bits per heavy atom. The van der Waals surface area contributed by atoms with E-state index in [-0.39, 0.29) is 11.5 Å². The van der Waals surface area contributed by atoms with E-state index in [1.807, 2.05) is 48.0 Å². The lowest BCUT2D eigenvalue weighted by Crippen LogP contribution is -2.23. The molecule has 152 valence electrons. The summed E-state index contributed by atoms with van der Waals surface area (Å²) in [6.45, 7) is 0.996. The van der Waals surface area contributed by atoms with Crippen LogP contribution in [-0.2, 0) is 25.9 Å². The smallest absolute Gasteiger partial charge is 0.277 e. The summed E-state index contributed by atoms with van der Waals surface area (Å²) in [5.74, 6) is -0.0978. The van der Waals surface area contributed by atoms with Gasteiger partial charge in [0.1, 0.15) is 5.52 Å². The quantitative estimate of drug-likeness (QED) is 0.540. The summed E-state index contributed by atoms with van der Waals surface area (Å²) in [6, 6.07) is 11.4. The van der Waals surface area contributed by atoms with Gasteiger partial charge in [-0.15, -0.1) is 11.3 Å². The van der Waals surface area contributed by atoms with Crippen LogP contribution in [0.1, 0.15) is 44.9 Å². The van der Waals surface area contributed by atoms with E-state index in [1.54, 1.807) is 26.6 Å². The Hall–Kier alpha value is -3.19. The molecule has 0 fully saturated rings. The normalized spacial score (nSPS) is 13.3. The largest absolute Gasteiger partial charge is 0.347 e. The first-order valence-electron chi connectivity index (χ1n) is 10.2. The SMILES string of the molecule is O=C(NCc1cccs1)c1ccc(Cn2ccn3nc4c(c3c2=O)CCCC4)cc1. The van der Waals surface area contributed by atoms with E-state index < -0.39 is 0 Å². The summed E-state index contributed by atoms with van der Waals surface area (Å²) in [7, 11) is 0. The molecule has 0 atom stereocenters. The molecular formula is C23H22N4O2S. The van der Waals surface area contributed by atoms with Gasteiger partial charge in [0, 0.05) is 28.4 Å². The molecule has 3 heterocycles. The van der Waals surface area contributed by atoms with Crippen LogP contribution in [-0.4, -0.2) is 20.1 Å². The van der Waals surface area contributed by atoms with E-state index in [9.17, 15) is 9.59 Å². The number of benzene rings is 1. The lowest BCUT2D eigenvalue weighted by molar-refractivity contribution is 0.0951. The second-order valence-electron chi connectivity index (χ2n) is 7.62. The maximum Gasteiger partial charge on any atom is 0.277 e. The fraction of sp³-hybridized carbons (Fsp3) is 0.261. The Morgan fingerprint density at radius 2 is 1.93 bits per heavy atom. The highest BCUT2D eigenvalue weighted by molar-refractivity contribution is 7.09. The Bertz CT molecular complexity index is 1250. The maximum atomic E-state index is 13.1. The van der Waals surface area contributed by atoms with Crippen molar-refractivity contribution in [2.24, 2.45) is 0 Å². The minimum absolute atomic E-state index is 0.00841. The van der Waals surface area contributed by atoms with Gasteiger partial charge in [-0.1, -0.05) is 18.2 Å². The van der Waals surface area contributed by atoms with Crippen LogP contribution in [0.3, 0.4) is 0 Å². The second kappa shape index (κ2) is 7.91. The number of fused-ring (bicyclic) bond motifs is 3. The van der Waals surface area contributed by atoms with Crippen LogP contribution in [0.25, 0.3) is 5.52 Å². The third-order valence-corrected chi connectivity index (χ3v) is 6.48. The minimum atomic E-state index is -0.0978. The first-order chi connectivity index (χ1) is 14.7. The predicted octanol–water partition coefficient (Wildman–Crippen LogP) is 3.41. The fourth-order valence-electron chi connectivity index (χ4n) is 4.02. The van der Waals surface area contributed by atoms with Crippen molar-refractivity contribution >= 4 is 22.8 Å². The molecule has 0 saturated carbocycles. The molecule has 5 rings (SSSR count). The molecule has 0 saturated heterocycles. The molecule has 0 spiro atoms. The summed E-state index contributed by atoms with van der Waals surface area (Å²) in [5, 5.41) is 9.52. The number of nitrogens with zero attached hydrogens (tertiary/aromatic N) is 3. The van der Waals surface area contributed by atoms with Crippen LogP contribution in [0, 0.1) is 0 Å². The van der Waals surface area contributed by atoms with Crippen molar-refractivity contribution in [1.82, 2.24) is 19.5 Å². The molecule has 0 aliphatic heterocycles. The van der Waals surface area contributed by atoms with E-state index in [0.29, 0.717) is 24.2 Å². The highest BCUT2D eigenvalue weighted by atomic mass is 32.1. The van der Waals surface area contributed by atoms with Crippen molar-refractivity contribution in [3.8, 4) is 0 Å². The number of aryl methyl sites for hydroxylation is 2. The summed E-state index contributed by atoms with van der Waals surface area (Å²) in [4.78, 5) is 26.5. The van der Waals surface area contributed by atoms with Gasteiger partial charge in [-0.2, -0.15) is 5.10 Å². The topological polar surface area (TPSA) is 68.4 Å². The zero-order valence-corrected chi connectivity index (χ0v) is 17.3. The monoisotopic (exact) mass is 418 g/mol. The number of rotatable bonds is 5. The summed E-state index contributed by atoms with van der Waals surface area (Å²) in [6.07, 6.45) is 7.77. The molecule has 3 aromatic heterocycles. The Balaban J connectivity index is 1.33. The van der Waals surface area contributed by atoms with Gasteiger partial charge in [-0.3, -0.25) is 9.59 Å². The molecule has 1 aliphatic carbocycles. The van der Waals surface area contributed by atoms with Gasteiger partial charge in [0.15, 0.2) is 0 Å². The lowest BCUT2D eigenvalue weighted by atomic mass is 9.97. The Labute approximate surface area is 177 Å². The van der Waals surface area contributed by atoms with Crippen LogP contribution >= 0.6 is 11.3 Å². The fourth-order valence-corrected chi connectivity index (χ4v) is 4.67. The number of aromatic nitrogens is 3. The number of thiophene rings is 1. The maximum absolute atomic E-state index is 13.1. The zero-order chi connectivity index (χ0) is 20.5. The van der Waals surface area contributed by atoms with E-state index in [2.05, 4.69) is 10.4 Å². The molecule has 7 heteroatoms. The molecular weight excluding hydrogens is 396 g/mol. The van der Waals surface area contributed by atoms with Crippen molar-refractivity contribution in [1.29, 1.82) is 0 Å². The van der Waals surface area contributed by atoms with E-state index in [1.165, 1.54) is 0 Å². The van der Waals surface area contributed by atoms with Crippen molar-refractivity contribution in [3.05, 3.63) is 91.8 Å². The molecule has 0 bridgehead atoms. The molecule has 1 aromatic carbocycles. The molecule has 30 heavy (non-hydrogen) atoms. The van der Waals surface area contributed by atoms with Crippen molar-refractivity contribution in [2.45, 2.75) is 38.8 Å². The van der Waals surface area contributed by atoms with Crippen molar-refractivity contribution in [3.63, 3.8) is 0 Å². The van der Waals surface area contributed by atoms with E-state index in [0.717, 1.165) is 47.4 Å². The molecule has 6 nitrogen and oxygen atoms in total. The first-order valence-corrected chi connectivity index (χ1v) is 11.1.